The number of allylic oxidation sites excluding steroid dienone is 26. The minimum Gasteiger partial charge on any atom is -0.462 e. The first kappa shape index (κ1) is 63.0. The van der Waals surface area contributed by atoms with Crippen LogP contribution in [0, 0.1) is 0 Å². The van der Waals surface area contributed by atoms with Crippen molar-refractivity contribution in [2.24, 2.45) is 0 Å². The van der Waals surface area contributed by atoms with Gasteiger partial charge in [-0.3, -0.25) is 14.4 Å². The molecule has 0 aliphatic rings. The van der Waals surface area contributed by atoms with Crippen molar-refractivity contribution in [1.29, 1.82) is 0 Å². The summed E-state index contributed by atoms with van der Waals surface area (Å²) in [4.78, 5) is 38.1. The molecule has 0 amide bonds. The lowest BCUT2D eigenvalue weighted by Crippen LogP contribution is -2.30. The summed E-state index contributed by atoms with van der Waals surface area (Å²) in [7, 11) is 0. The van der Waals surface area contributed by atoms with Crippen LogP contribution in [0.4, 0.5) is 0 Å². The van der Waals surface area contributed by atoms with Crippen molar-refractivity contribution in [1.82, 2.24) is 0 Å². The minimum atomic E-state index is -0.821. The molecular formula is C62H94O6. The smallest absolute Gasteiger partial charge is 0.306 e. The molecule has 0 aromatic carbocycles. The number of rotatable bonds is 45. The zero-order valence-corrected chi connectivity index (χ0v) is 43.0. The molecule has 378 valence electrons. The van der Waals surface area contributed by atoms with Gasteiger partial charge in [0.05, 0.1) is 0 Å². The number of unbranched alkanes of at least 4 members (excludes halogenated alkanes) is 16. The Morgan fingerprint density at radius 1 is 0.324 bits per heavy atom. The summed E-state index contributed by atoms with van der Waals surface area (Å²) in [5.74, 6) is -1.000. The van der Waals surface area contributed by atoms with Gasteiger partial charge in [0, 0.05) is 19.3 Å². The van der Waals surface area contributed by atoms with Crippen LogP contribution < -0.4 is 0 Å². The molecule has 0 bridgehead atoms. The van der Waals surface area contributed by atoms with E-state index in [1.807, 2.05) is 72.9 Å². The Kier molecular flexibility index (Phi) is 50.6. The van der Waals surface area contributed by atoms with Crippen LogP contribution in [-0.4, -0.2) is 37.2 Å². The van der Waals surface area contributed by atoms with Crippen molar-refractivity contribution in [2.45, 2.75) is 200 Å². The van der Waals surface area contributed by atoms with E-state index in [4.69, 9.17) is 14.2 Å². The van der Waals surface area contributed by atoms with Crippen molar-refractivity contribution < 1.29 is 28.6 Å². The summed E-state index contributed by atoms with van der Waals surface area (Å²) >= 11 is 0. The average Bonchev–Trinajstić information content (AvgIpc) is 3.34. The molecule has 0 spiro atoms. The van der Waals surface area contributed by atoms with Crippen LogP contribution in [0.2, 0.25) is 0 Å². The molecule has 0 saturated carbocycles. The molecule has 0 aliphatic heterocycles. The molecule has 1 unspecified atom stereocenters. The van der Waals surface area contributed by atoms with Gasteiger partial charge in [0.2, 0.25) is 0 Å². The fraction of sp³-hybridized carbons (Fsp3) is 0.532. The second-order valence-electron chi connectivity index (χ2n) is 16.9. The Bertz CT molecular complexity index is 1590. The van der Waals surface area contributed by atoms with E-state index >= 15 is 0 Å². The average molecular weight is 935 g/mol. The van der Waals surface area contributed by atoms with Crippen LogP contribution in [0.3, 0.4) is 0 Å². The van der Waals surface area contributed by atoms with Crippen molar-refractivity contribution in [3.63, 3.8) is 0 Å². The Morgan fingerprint density at radius 3 is 1.03 bits per heavy atom. The third-order valence-electron chi connectivity index (χ3n) is 10.5. The minimum absolute atomic E-state index is 0.117. The lowest BCUT2D eigenvalue weighted by atomic mass is 10.1. The van der Waals surface area contributed by atoms with E-state index in [2.05, 4.69) is 106 Å². The number of carbonyl (C=O) groups is 3. The first-order valence-corrected chi connectivity index (χ1v) is 26.6. The molecular weight excluding hydrogens is 841 g/mol. The lowest BCUT2D eigenvalue weighted by molar-refractivity contribution is -0.167. The van der Waals surface area contributed by atoms with Gasteiger partial charge in [-0.05, 0) is 89.9 Å². The fourth-order valence-electron chi connectivity index (χ4n) is 6.51. The van der Waals surface area contributed by atoms with E-state index in [0.717, 1.165) is 141 Å². The van der Waals surface area contributed by atoms with Crippen LogP contribution in [0.25, 0.3) is 0 Å². The number of carbonyl (C=O) groups excluding carboxylic acids is 3. The molecule has 0 heterocycles. The van der Waals surface area contributed by atoms with Gasteiger partial charge in [-0.25, -0.2) is 0 Å². The summed E-state index contributed by atoms with van der Waals surface area (Å²) in [5, 5.41) is 0. The van der Waals surface area contributed by atoms with E-state index in [0.29, 0.717) is 12.8 Å². The maximum Gasteiger partial charge on any atom is 0.306 e. The van der Waals surface area contributed by atoms with E-state index in [9.17, 15) is 14.4 Å². The van der Waals surface area contributed by atoms with E-state index < -0.39 is 6.10 Å². The van der Waals surface area contributed by atoms with E-state index in [1.165, 1.54) is 12.8 Å². The second-order valence-corrected chi connectivity index (χ2v) is 16.9. The topological polar surface area (TPSA) is 78.9 Å². The maximum absolute atomic E-state index is 12.8. The van der Waals surface area contributed by atoms with Gasteiger partial charge in [-0.15, -0.1) is 0 Å². The maximum atomic E-state index is 12.8. The Morgan fingerprint density at radius 2 is 0.632 bits per heavy atom. The molecule has 0 rings (SSSR count). The van der Waals surface area contributed by atoms with Gasteiger partial charge >= 0.3 is 17.9 Å². The zero-order chi connectivity index (χ0) is 49.3. The van der Waals surface area contributed by atoms with Gasteiger partial charge in [-0.1, -0.05) is 243 Å². The van der Waals surface area contributed by atoms with E-state index in [-0.39, 0.29) is 37.5 Å². The molecule has 0 aromatic heterocycles. The number of hydrogen-bond donors (Lipinski definition) is 0. The highest BCUT2D eigenvalue weighted by molar-refractivity contribution is 5.71. The van der Waals surface area contributed by atoms with Crippen molar-refractivity contribution in [2.75, 3.05) is 13.2 Å². The summed E-state index contributed by atoms with van der Waals surface area (Å²) in [6.45, 7) is 6.26. The summed E-state index contributed by atoms with van der Waals surface area (Å²) < 4.78 is 16.8. The third-order valence-corrected chi connectivity index (χ3v) is 10.5. The van der Waals surface area contributed by atoms with Crippen LogP contribution in [-0.2, 0) is 28.6 Å². The van der Waals surface area contributed by atoms with Gasteiger partial charge in [0.25, 0.3) is 0 Å². The van der Waals surface area contributed by atoms with Gasteiger partial charge in [-0.2, -0.15) is 0 Å². The van der Waals surface area contributed by atoms with Crippen molar-refractivity contribution in [3.8, 4) is 0 Å². The van der Waals surface area contributed by atoms with Gasteiger partial charge in [0.1, 0.15) is 13.2 Å². The molecule has 6 heteroatoms. The Hall–Kier alpha value is -4.97. The van der Waals surface area contributed by atoms with E-state index in [1.54, 1.807) is 0 Å². The van der Waals surface area contributed by atoms with Crippen LogP contribution in [0.1, 0.15) is 194 Å². The largest absolute Gasteiger partial charge is 0.462 e. The molecule has 0 aliphatic carbocycles. The highest BCUT2D eigenvalue weighted by atomic mass is 16.6. The van der Waals surface area contributed by atoms with Gasteiger partial charge in [0.15, 0.2) is 6.10 Å². The second kappa shape index (κ2) is 54.6. The van der Waals surface area contributed by atoms with Crippen LogP contribution in [0.5, 0.6) is 0 Å². The molecule has 0 aromatic rings. The number of ether oxygens (including phenoxy) is 3. The van der Waals surface area contributed by atoms with Crippen molar-refractivity contribution in [3.05, 3.63) is 158 Å². The first-order valence-electron chi connectivity index (χ1n) is 26.6. The summed E-state index contributed by atoms with van der Waals surface area (Å²) in [6.07, 6.45) is 79.2. The molecule has 1 atom stereocenters. The lowest BCUT2D eigenvalue weighted by Gasteiger charge is -2.18. The number of esters is 3. The van der Waals surface area contributed by atoms with Gasteiger partial charge < -0.3 is 14.2 Å². The Labute approximate surface area is 416 Å². The molecule has 0 saturated heterocycles. The molecule has 0 fully saturated rings. The fourth-order valence-corrected chi connectivity index (χ4v) is 6.51. The van der Waals surface area contributed by atoms with Crippen LogP contribution in [0.15, 0.2) is 158 Å². The van der Waals surface area contributed by atoms with Crippen LogP contribution >= 0.6 is 0 Å². The highest BCUT2D eigenvalue weighted by Gasteiger charge is 2.19. The third kappa shape index (κ3) is 52.0. The number of hydrogen-bond acceptors (Lipinski definition) is 6. The molecule has 68 heavy (non-hydrogen) atoms. The normalized spacial score (nSPS) is 13.4. The summed E-state index contributed by atoms with van der Waals surface area (Å²) in [5.41, 5.74) is 0. The molecule has 0 N–H and O–H groups in total. The first-order chi connectivity index (χ1) is 33.5. The highest BCUT2D eigenvalue weighted by Crippen LogP contribution is 2.13. The quantitative estimate of drug-likeness (QED) is 0.0199. The van der Waals surface area contributed by atoms with Crippen molar-refractivity contribution >= 4 is 17.9 Å². The SMILES string of the molecule is CC/C=C\C/C=C\C/C=C\CCCCCCC(=O)OCC(COC(=O)CCCCCCC\C=C/C=C\C=C/C=C\C=C/CCC)OC(=O)CCCCCCC\C=C/C=C\C=C/C=C\C=C/CCC. The molecule has 6 nitrogen and oxygen atoms in total. The predicted molar refractivity (Wildman–Crippen MR) is 292 cm³/mol. The predicted octanol–water partition coefficient (Wildman–Crippen LogP) is 17.8. The standard InChI is InChI=1S/C62H94O6/c1-4-7-10-13-16-19-22-25-28-30-32-34-37-40-43-46-49-52-55-61(64)67-58-59(57-66-60(63)54-51-48-45-42-39-36-27-24-21-18-15-12-9-6-3)68-62(65)56-53-50-47-44-41-38-35-33-31-29-26-23-20-17-14-11-8-5-2/h9-14,16-23,25-36,59H,4-8,15,24,37-58H2,1-3H3/b12-9-,13-10-,14-11-,19-16-,20-17-,21-18-,25-22-,26-23-,30-28-,31-29-,34-32-,35-33-,36-27-. The zero-order valence-electron chi connectivity index (χ0n) is 43.0. The summed E-state index contributed by atoms with van der Waals surface area (Å²) in [6, 6.07) is 0. The monoisotopic (exact) mass is 935 g/mol. The Balaban J connectivity index is 4.58. The molecule has 0 radical (unpaired) electrons.